The highest BCUT2D eigenvalue weighted by atomic mass is 35.5. The van der Waals surface area contributed by atoms with Crippen LogP contribution in [0.5, 0.6) is 5.75 Å². The van der Waals surface area contributed by atoms with Gasteiger partial charge in [-0.3, -0.25) is 4.90 Å². The Bertz CT molecular complexity index is 387. The number of hydrogen-bond acceptors (Lipinski definition) is 3. The number of halogens is 1. The molecule has 1 heterocycles. The monoisotopic (exact) mass is 254 g/mol. The third-order valence-corrected chi connectivity index (χ3v) is 3.74. The van der Waals surface area contributed by atoms with Crippen LogP contribution in [0.2, 0.25) is 5.02 Å². The van der Waals surface area contributed by atoms with E-state index in [4.69, 9.17) is 22.1 Å². The Kier molecular flexibility index (Phi) is 3.92. The average molecular weight is 255 g/mol. The minimum absolute atomic E-state index is 0.179. The molecule has 1 saturated heterocycles. The molecule has 0 spiro atoms. The Morgan fingerprint density at radius 2 is 2.24 bits per heavy atom. The van der Waals surface area contributed by atoms with Crippen molar-refractivity contribution in [2.24, 2.45) is 5.73 Å². The van der Waals surface area contributed by atoms with Gasteiger partial charge in [0, 0.05) is 12.1 Å². The number of benzene rings is 1. The molecule has 2 rings (SSSR count). The zero-order valence-electron chi connectivity index (χ0n) is 10.3. The Morgan fingerprint density at radius 3 is 2.82 bits per heavy atom. The number of methoxy groups -OCH3 is 1. The highest BCUT2D eigenvalue weighted by Gasteiger charge is 2.28. The fourth-order valence-corrected chi connectivity index (χ4v) is 2.83. The molecule has 0 bridgehead atoms. The summed E-state index contributed by atoms with van der Waals surface area (Å²) in [5.41, 5.74) is 7.38. The highest BCUT2D eigenvalue weighted by molar-refractivity contribution is 6.32. The first kappa shape index (κ1) is 12.7. The van der Waals surface area contributed by atoms with Crippen LogP contribution in [0.3, 0.4) is 0 Å². The quantitative estimate of drug-likeness (QED) is 0.881. The molecule has 0 radical (unpaired) electrons. The predicted octanol–water partition coefficient (Wildman–Crippen LogP) is 2.44. The van der Waals surface area contributed by atoms with Crippen LogP contribution in [0.25, 0.3) is 0 Å². The van der Waals surface area contributed by atoms with Crippen molar-refractivity contribution in [2.75, 3.05) is 20.7 Å². The molecule has 2 N–H and O–H groups in total. The van der Waals surface area contributed by atoms with Crippen LogP contribution < -0.4 is 10.5 Å². The fraction of sp³-hybridized carbons (Fsp3) is 0.538. The Morgan fingerprint density at radius 1 is 1.47 bits per heavy atom. The molecule has 1 aliphatic heterocycles. The van der Waals surface area contributed by atoms with E-state index in [0.717, 1.165) is 19.4 Å². The van der Waals surface area contributed by atoms with Gasteiger partial charge in [0.15, 0.2) is 0 Å². The van der Waals surface area contributed by atoms with Crippen LogP contribution >= 0.6 is 11.6 Å². The molecular formula is C13H19ClN2O. The third kappa shape index (κ3) is 2.57. The van der Waals surface area contributed by atoms with Gasteiger partial charge in [0.25, 0.3) is 0 Å². The molecule has 1 aromatic carbocycles. The van der Waals surface area contributed by atoms with Crippen LogP contribution in [0.15, 0.2) is 18.2 Å². The molecule has 0 amide bonds. The summed E-state index contributed by atoms with van der Waals surface area (Å²) in [6.07, 6.45) is 2.23. The SMILES string of the molecule is COc1ccc(C2C(N)CCCN2C)cc1Cl. The zero-order valence-corrected chi connectivity index (χ0v) is 11.1. The van der Waals surface area contributed by atoms with Crippen molar-refractivity contribution in [3.8, 4) is 5.75 Å². The Hall–Kier alpha value is -0.770. The average Bonchev–Trinajstić information content (AvgIpc) is 2.29. The second-order valence-corrected chi connectivity index (χ2v) is 5.03. The molecule has 0 aromatic heterocycles. The van der Waals surface area contributed by atoms with Gasteiger partial charge in [-0.25, -0.2) is 0 Å². The van der Waals surface area contributed by atoms with Crippen molar-refractivity contribution in [3.05, 3.63) is 28.8 Å². The van der Waals surface area contributed by atoms with Gasteiger partial charge in [-0.15, -0.1) is 0 Å². The topological polar surface area (TPSA) is 38.5 Å². The molecule has 3 nitrogen and oxygen atoms in total. The van der Waals surface area contributed by atoms with E-state index in [1.807, 2.05) is 12.1 Å². The third-order valence-electron chi connectivity index (χ3n) is 3.45. The van der Waals surface area contributed by atoms with E-state index in [1.54, 1.807) is 7.11 Å². The van der Waals surface area contributed by atoms with E-state index < -0.39 is 0 Å². The summed E-state index contributed by atoms with van der Waals surface area (Å²) in [4.78, 5) is 2.30. The van der Waals surface area contributed by atoms with Crippen LogP contribution in [-0.2, 0) is 0 Å². The minimum atomic E-state index is 0.179. The number of nitrogens with two attached hydrogens (primary N) is 1. The smallest absolute Gasteiger partial charge is 0.137 e. The Balaban J connectivity index is 2.29. The van der Waals surface area contributed by atoms with Gasteiger partial charge in [-0.2, -0.15) is 0 Å². The highest BCUT2D eigenvalue weighted by Crippen LogP contribution is 2.33. The van der Waals surface area contributed by atoms with Gasteiger partial charge in [0.1, 0.15) is 5.75 Å². The number of likely N-dealkylation sites (N-methyl/N-ethyl adjacent to an activating group) is 1. The van der Waals surface area contributed by atoms with Gasteiger partial charge in [0.05, 0.1) is 12.1 Å². The lowest BCUT2D eigenvalue weighted by Crippen LogP contribution is -2.43. The minimum Gasteiger partial charge on any atom is -0.495 e. The van der Waals surface area contributed by atoms with Gasteiger partial charge in [-0.05, 0) is 44.1 Å². The number of ether oxygens (including phenoxy) is 1. The molecule has 2 atom stereocenters. The maximum Gasteiger partial charge on any atom is 0.137 e. The summed E-state index contributed by atoms with van der Waals surface area (Å²) in [7, 11) is 3.74. The summed E-state index contributed by atoms with van der Waals surface area (Å²) in [6.45, 7) is 1.09. The molecule has 1 aliphatic rings. The van der Waals surface area contributed by atoms with Gasteiger partial charge < -0.3 is 10.5 Å². The number of likely N-dealkylation sites (tertiary alicyclic amines) is 1. The first-order chi connectivity index (χ1) is 8.13. The van der Waals surface area contributed by atoms with Crippen molar-refractivity contribution >= 4 is 11.6 Å². The van der Waals surface area contributed by atoms with Gasteiger partial charge in [-0.1, -0.05) is 17.7 Å². The number of hydrogen-bond donors (Lipinski definition) is 1. The summed E-state index contributed by atoms with van der Waals surface area (Å²) >= 11 is 6.16. The summed E-state index contributed by atoms with van der Waals surface area (Å²) in [5, 5.41) is 0.649. The molecule has 0 aliphatic carbocycles. The summed E-state index contributed by atoms with van der Waals surface area (Å²) in [5.74, 6) is 0.711. The van der Waals surface area contributed by atoms with E-state index in [-0.39, 0.29) is 12.1 Å². The lowest BCUT2D eigenvalue weighted by atomic mass is 9.91. The van der Waals surface area contributed by atoms with Gasteiger partial charge >= 0.3 is 0 Å². The first-order valence-corrected chi connectivity index (χ1v) is 6.30. The largest absolute Gasteiger partial charge is 0.495 e. The van der Waals surface area contributed by atoms with Crippen molar-refractivity contribution in [3.63, 3.8) is 0 Å². The van der Waals surface area contributed by atoms with E-state index in [1.165, 1.54) is 5.56 Å². The van der Waals surface area contributed by atoms with E-state index in [0.29, 0.717) is 10.8 Å². The van der Waals surface area contributed by atoms with Crippen LogP contribution in [-0.4, -0.2) is 31.6 Å². The van der Waals surface area contributed by atoms with Crippen molar-refractivity contribution in [1.82, 2.24) is 4.90 Å². The second kappa shape index (κ2) is 5.25. The molecule has 17 heavy (non-hydrogen) atoms. The molecule has 0 saturated carbocycles. The van der Waals surface area contributed by atoms with E-state index in [9.17, 15) is 0 Å². The molecule has 94 valence electrons. The van der Waals surface area contributed by atoms with Crippen LogP contribution in [0, 0.1) is 0 Å². The van der Waals surface area contributed by atoms with Crippen molar-refractivity contribution in [1.29, 1.82) is 0 Å². The van der Waals surface area contributed by atoms with Gasteiger partial charge in [0.2, 0.25) is 0 Å². The molecule has 1 fully saturated rings. The summed E-state index contributed by atoms with van der Waals surface area (Å²) in [6, 6.07) is 6.36. The fourth-order valence-electron chi connectivity index (χ4n) is 2.57. The standard InChI is InChI=1S/C13H19ClN2O/c1-16-7-3-4-11(15)13(16)9-5-6-12(17-2)10(14)8-9/h5-6,8,11,13H,3-4,7,15H2,1-2H3. The number of rotatable bonds is 2. The van der Waals surface area contributed by atoms with E-state index >= 15 is 0 Å². The van der Waals surface area contributed by atoms with Crippen molar-refractivity contribution in [2.45, 2.75) is 24.9 Å². The van der Waals surface area contributed by atoms with E-state index in [2.05, 4.69) is 18.0 Å². The maximum absolute atomic E-state index is 6.21. The van der Waals surface area contributed by atoms with Crippen molar-refractivity contribution < 1.29 is 4.74 Å². The molecule has 1 aromatic rings. The van der Waals surface area contributed by atoms with Crippen LogP contribution in [0.4, 0.5) is 0 Å². The zero-order chi connectivity index (χ0) is 12.4. The first-order valence-electron chi connectivity index (χ1n) is 5.92. The number of nitrogens with zero attached hydrogens (tertiary/aromatic N) is 1. The predicted molar refractivity (Wildman–Crippen MR) is 70.6 cm³/mol. The Labute approximate surface area is 107 Å². The normalized spacial score (nSPS) is 25.9. The molecule has 2 unspecified atom stereocenters. The second-order valence-electron chi connectivity index (χ2n) is 4.63. The lowest BCUT2D eigenvalue weighted by Gasteiger charge is -2.37. The lowest BCUT2D eigenvalue weighted by molar-refractivity contribution is 0.163. The maximum atomic E-state index is 6.21. The van der Waals surface area contributed by atoms with Crippen LogP contribution in [0.1, 0.15) is 24.4 Å². The molecule has 4 heteroatoms. The molecular weight excluding hydrogens is 236 g/mol. The number of piperidine rings is 1. The summed E-state index contributed by atoms with van der Waals surface area (Å²) < 4.78 is 5.16.